The molecular formula is C13H12ClFO2. The van der Waals surface area contributed by atoms with Crippen LogP contribution in [0.4, 0.5) is 4.39 Å². The molecule has 0 amide bonds. The van der Waals surface area contributed by atoms with E-state index in [4.69, 9.17) is 16.0 Å². The highest BCUT2D eigenvalue weighted by Crippen LogP contribution is 2.29. The second-order valence-corrected chi connectivity index (χ2v) is 4.16. The summed E-state index contributed by atoms with van der Waals surface area (Å²) in [6.07, 6.45) is 1.11. The third-order valence-electron chi connectivity index (χ3n) is 2.65. The molecule has 0 spiro atoms. The molecule has 2 rings (SSSR count). The molecule has 90 valence electrons. The zero-order valence-corrected chi connectivity index (χ0v) is 10.0. The van der Waals surface area contributed by atoms with Crippen molar-refractivity contribution in [2.24, 2.45) is 0 Å². The highest BCUT2D eigenvalue weighted by atomic mass is 35.5. The van der Waals surface area contributed by atoms with Gasteiger partial charge in [0.05, 0.1) is 6.26 Å². The van der Waals surface area contributed by atoms with Gasteiger partial charge in [-0.05, 0) is 18.2 Å². The maximum atomic E-state index is 13.7. The number of rotatable bonds is 3. The first-order valence-electron chi connectivity index (χ1n) is 5.32. The van der Waals surface area contributed by atoms with Gasteiger partial charge in [-0.1, -0.05) is 24.6 Å². The van der Waals surface area contributed by atoms with Gasteiger partial charge < -0.3 is 9.52 Å². The molecule has 0 fully saturated rings. The van der Waals surface area contributed by atoms with Crippen LogP contribution in [-0.2, 0) is 6.42 Å². The summed E-state index contributed by atoms with van der Waals surface area (Å²) in [6, 6.07) is 5.87. The van der Waals surface area contributed by atoms with Gasteiger partial charge >= 0.3 is 0 Å². The number of aliphatic hydroxyl groups is 1. The molecule has 0 radical (unpaired) electrons. The highest BCUT2D eigenvalue weighted by molar-refractivity contribution is 6.30. The van der Waals surface area contributed by atoms with Crippen LogP contribution in [-0.4, -0.2) is 5.11 Å². The van der Waals surface area contributed by atoms with Gasteiger partial charge in [0.2, 0.25) is 0 Å². The fourth-order valence-corrected chi connectivity index (χ4v) is 1.93. The summed E-state index contributed by atoms with van der Waals surface area (Å²) >= 11 is 5.66. The first kappa shape index (κ1) is 12.1. The highest BCUT2D eigenvalue weighted by Gasteiger charge is 2.19. The van der Waals surface area contributed by atoms with Gasteiger partial charge in [-0.2, -0.15) is 0 Å². The van der Waals surface area contributed by atoms with Crippen LogP contribution in [0.2, 0.25) is 5.02 Å². The lowest BCUT2D eigenvalue weighted by atomic mass is 10.0. The van der Waals surface area contributed by atoms with Crippen molar-refractivity contribution < 1.29 is 13.9 Å². The third kappa shape index (κ3) is 2.35. The molecule has 1 aromatic carbocycles. The predicted molar refractivity (Wildman–Crippen MR) is 63.6 cm³/mol. The average molecular weight is 255 g/mol. The Labute approximate surface area is 104 Å². The van der Waals surface area contributed by atoms with E-state index in [1.807, 2.05) is 6.92 Å². The summed E-state index contributed by atoms with van der Waals surface area (Å²) in [5, 5.41) is 10.4. The molecule has 1 aromatic heterocycles. The number of hydrogen-bond acceptors (Lipinski definition) is 2. The Kier molecular flexibility index (Phi) is 3.50. The fourth-order valence-electron chi connectivity index (χ4n) is 1.77. The van der Waals surface area contributed by atoms with Crippen molar-refractivity contribution in [3.63, 3.8) is 0 Å². The van der Waals surface area contributed by atoms with Gasteiger partial charge in [0.1, 0.15) is 17.7 Å². The molecule has 1 heterocycles. The number of aliphatic hydroxyl groups excluding tert-OH is 1. The maximum Gasteiger partial charge on any atom is 0.130 e. The van der Waals surface area contributed by atoms with E-state index >= 15 is 0 Å². The molecule has 1 atom stereocenters. The molecule has 2 nitrogen and oxygen atoms in total. The Morgan fingerprint density at radius 1 is 1.35 bits per heavy atom. The number of aryl methyl sites for hydroxylation is 1. The normalized spacial score (nSPS) is 12.7. The quantitative estimate of drug-likeness (QED) is 0.906. The zero-order chi connectivity index (χ0) is 12.4. The van der Waals surface area contributed by atoms with Crippen molar-refractivity contribution in [1.29, 1.82) is 0 Å². The van der Waals surface area contributed by atoms with Crippen LogP contribution < -0.4 is 0 Å². The van der Waals surface area contributed by atoms with E-state index < -0.39 is 11.9 Å². The first-order valence-corrected chi connectivity index (χ1v) is 5.70. The monoisotopic (exact) mass is 254 g/mol. The van der Waals surface area contributed by atoms with E-state index in [9.17, 15) is 9.50 Å². The maximum absolute atomic E-state index is 13.7. The lowest BCUT2D eigenvalue weighted by molar-refractivity contribution is 0.212. The number of halogens is 2. The third-order valence-corrected chi connectivity index (χ3v) is 2.89. The molecule has 0 bridgehead atoms. The Balaban J connectivity index is 2.40. The van der Waals surface area contributed by atoms with Crippen molar-refractivity contribution in [2.45, 2.75) is 19.4 Å². The van der Waals surface area contributed by atoms with E-state index in [0.29, 0.717) is 22.8 Å². The largest absolute Gasteiger partial charge is 0.469 e. The summed E-state index contributed by atoms with van der Waals surface area (Å²) in [5.41, 5.74) is 0.791. The molecule has 0 saturated heterocycles. The molecule has 0 aliphatic rings. The summed E-state index contributed by atoms with van der Waals surface area (Å²) in [4.78, 5) is 0. The summed E-state index contributed by atoms with van der Waals surface area (Å²) in [6.45, 7) is 1.91. The van der Waals surface area contributed by atoms with Crippen molar-refractivity contribution in [3.05, 3.63) is 58.3 Å². The summed E-state index contributed by atoms with van der Waals surface area (Å²) < 4.78 is 18.9. The first-order chi connectivity index (χ1) is 8.13. The molecule has 17 heavy (non-hydrogen) atoms. The molecule has 0 aliphatic heterocycles. The topological polar surface area (TPSA) is 33.4 Å². The molecule has 4 heteroatoms. The van der Waals surface area contributed by atoms with E-state index in [-0.39, 0.29) is 5.56 Å². The molecule has 1 unspecified atom stereocenters. The molecular weight excluding hydrogens is 243 g/mol. The minimum absolute atomic E-state index is 0.200. The Hall–Kier alpha value is -1.32. The SMILES string of the molecule is CCc1occc1C(O)c1ccc(Cl)cc1F. The van der Waals surface area contributed by atoms with Crippen molar-refractivity contribution >= 4 is 11.6 Å². The predicted octanol–water partition coefficient (Wildman–Crippen LogP) is 3.72. The van der Waals surface area contributed by atoms with Gasteiger partial charge in [-0.25, -0.2) is 4.39 Å². The molecule has 0 aliphatic carbocycles. The summed E-state index contributed by atoms with van der Waals surface area (Å²) in [7, 11) is 0. The van der Waals surface area contributed by atoms with Crippen molar-refractivity contribution in [1.82, 2.24) is 0 Å². The van der Waals surface area contributed by atoms with Crippen molar-refractivity contribution in [3.8, 4) is 0 Å². The number of furan rings is 1. The van der Waals surface area contributed by atoms with Gasteiger partial charge in [0, 0.05) is 22.6 Å². The van der Waals surface area contributed by atoms with Crippen LogP contribution >= 0.6 is 11.6 Å². The smallest absolute Gasteiger partial charge is 0.130 e. The lowest BCUT2D eigenvalue weighted by Gasteiger charge is -2.12. The average Bonchev–Trinajstić information content (AvgIpc) is 2.76. The van der Waals surface area contributed by atoms with Crippen LogP contribution in [0.15, 0.2) is 34.9 Å². The lowest BCUT2D eigenvalue weighted by Crippen LogP contribution is -2.03. The van der Waals surface area contributed by atoms with Crippen LogP contribution in [0, 0.1) is 5.82 Å². The standard InChI is InChI=1S/C13H12ClFO2/c1-2-12-10(5-6-17-12)13(16)9-4-3-8(14)7-11(9)15/h3-7,13,16H,2H2,1H3. The Morgan fingerprint density at radius 3 is 2.76 bits per heavy atom. The van der Waals surface area contributed by atoms with E-state index in [0.717, 1.165) is 0 Å². The Bertz CT molecular complexity index is 522. The van der Waals surface area contributed by atoms with Gasteiger partial charge in [-0.15, -0.1) is 0 Å². The van der Waals surface area contributed by atoms with E-state index in [2.05, 4.69) is 0 Å². The van der Waals surface area contributed by atoms with Crippen LogP contribution in [0.1, 0.15) is 29.9 Å². The number of benzene rings is 1. The molecule has 2 aromatic rings. The Morgan fingerprint density at radius 2 is 2.12 bits per heavy atom. The van der Waals surface area contributed by atoms with Crippen molar-refractivity contribution in [2.75, 3.05) is 0 Å². The van der Waals surface area contributed by atoms with Gasteiger partial charge in [0.15, 0.2) is 0 Å². The molecule has 0 saturated carbocycles. The second-order valence-electron chi connectivity index (χ2n) is 3.72. The molecule has 1 N–H and O–H groups in total. The van der Waals surface area contributed by atoms with Crippen LogP contribution in [0.3, 0.4) is 0 Å². The minimum atomic E-state index is -1.03. The van der Waals surface area contributed by atoms with E-state index in [1.54, 1.807) is 12.1 Å². The number of hydrogen-bond donors (Lipinski definition) is 1. The van der Waals surface area contributed by atoms with Gasteiger partial charge in [0.25, 0.3) is 0 Å². The zero-order valence-electron chi connectivity index (χ0n) is 9.28. The van der Waals surface area contributed by atoms with Crippen LogP contribution in [0.25, 0.3) is 0 Å². The fraction of sp³-hybridized carbons (Fsp3) is 0.231. The summed E-state index contributed by atoms with van der Waals surface area (Å²) in [5.74, 6) is 0.139. The van der Waals surface area contributed by atoms with Gasteiger partial charge in [-0.3, -0.25) is 0 Å². The minimum Gasteiger partial charge on any atom is -0.469 e. The van der Waals surface area contributed by atoms with E-state index in [1.165, 1.54) is 18.4 Å². The van der Waals surface area contributed by atoms with Crippen LogP contribution in [0.5, 0.6) is 0 Å². The second kappa shape index (κ2) is 4.90.